The summed E-state index contributed by atoms with van der Waals surface area (Å²) < 4.78 is 0. The number of aryl methyl sites for hydroxylation is 2. The molecule has 1 aliphatic carbocycles. The van der Waals surface area contributed by atoms with Gasteiger partial charge in [-0.15, -0.1) is 12.4 Å². The fraction of sp³-hybridized carbons (Fsp3) is 0.263. The lowest BCUT2D eigenvalue weighted by Crippen LogP contribution is -2.15. The molecule has 0 saturated carbocycles. The number of benzene rings is 2. The number of Topliss-reactive ketones (excluding diaryl/α,β-unsaturated/α-hetero) is 1. The van der Waals surface area contributed by atoms with Crippen molar-refractivity contribution < 1.29 is 9.59 Å². The topological polar surface area (TPSA) is 72.2 Å². The maximum absolute atomic E-state index is 12.1. The van der Waals surface area contributed by atoms with E-state index in [1.54, 1.807) is 6.07 Å². The first-order valence-electron chi connectivity index (χ1n) is 7.93. The summed E-state index contributed by atoms with van der Waals surface area (Å²) in [6.07, 6.45) is 3.40. The van der Waals surface area contributed by atoms with Crippen LogP contribution in [-0.2, 0) is 17.6 Å². The zero-order valence-corrected chi connectivity index (χ0v) is 14.2. The molecular formula is C19H21ClN2O2. The van der Waals surface area contributed by atoms with Gasteiger partial charge >= 0.3 is 0 Å². The Morgan fingerprint density at radius 2 is 1.92 bits per heavy atom. The number of carbonyl (C=O) groups is 2. The van der Waals surface area contributed by atoms with Gasteiger partial charge in [-0.3, -0.25) is 9.59 Å². The first kappa shape index (κ1) is 18.0. The van der Waals surface area contributed by atoms with E-state index in [4.69, 9.17) is 5.73 Å². The van der Waals surface area contributed by atoms with Gasteiger partial charge in [-0.1, -0.05) is 24.3 Å². The Kier molecular flexibility index (Phi) is 5.99. The highest BCUT2D eigenvalue weighted by molar-refractivity contribution is 6.00. The van der Waals surface area contributed by atoms with Crippen molar-refractivity contribution in [1.82, 2.24) is 0 Å². The third kappa shape index (κ3) is 4.15. The van der Waals surface area contributed by atoms with E-state index >= 15 is 0 Å². The molecule has 24 heavy (non-hydrogen) atoms. The molecule has 0 atom stereocenters. The van der Waals surface area contributed by atoms with Crippen LogP contribution >= 0.6 is 12.4 Å². The molecule has 0 saturated heterocycles. The first-order valence-corrected chi connectivity index (χ1v) is 7.93. The number of fused-ring (bicyclic) bond motifs is 1. The average Bonchev–Trinajstić information content (AvgIpc) is 2.55. The molecule has 0 bridgehead atoms. The number of nitrogen functional groups attached to an aromatic ring is 1. The molecule has 0 aromatic heterocycles. The smallest absolute Gasteiger partial charge is 0.224 e. The van der Waals surface area contributed by atoms with Crippen LogP contribution in [0.15, 0.2) is 42.5 Å². The van der Waals surface area contributed by atoms with Gasteiger partial charge in [-0.2, -0.15) is 0 Å². The second-order valence-electron chi connectivity index (χ2n) is 5.90. The highest BCUT2D eigenvalue weighted by Gasteiger charge is 2.17. The van der Waals surface area contributed by atoms with Gasteiger partial charge < -0.3 is 11.1 Å². The Bertz CT molecular complexity index is 759. The summed E-state index contributed by atoms with van der Waals surface area (Å²) in [5.74, 6) is 0.0934. The van der Waals surface area contributed by atoms with Gasteiger partial charge in [-0.25, -0.2) is 0 Å². The maximum atomic E-state index is 12.1. The number of para-hydroxylation sites is 1. The molecule has 0 radical (unpaired) electrons. The van der Waals surface area contributed by atoms with Crippen LogP contribution in [0.25, 0.3) is 0 Å². The second kappa shape index (κ2) is 7.97. The van der Waals surface area contributed by atoms with Crippen molar-refractivity contribution in [2.24, 2.45) is 0 Å². The zero-order chi connectivity index (χ0) is 16.2. The van der Waals surface area contributed by atoms with Gasteiger partial charge in [-0.05, 0) is 48.6 Å². The van der Waals surface area contributed by atoms with Gasteiger partial charge in [0.2, 0.25) is 5.91 Å². The lowest BCUT2D eigenvalue weighted by atomic mass is 9.90. The third-order valence-electron chi connectivity index (χ3n) is 4.22. The fourth-order valence-electron chi connectivity index (χ4n) is 2.94. The molecule has 0 heterocycles. The molecule has 3 N–H and O–H groups in total. The summed E-state index contributed by atoms with van der Waals surface area (Å²) in [5.41, 5.74) is 10.1. The number of hydrogen-bond acceptors (Lipinski definition) is 3. The first-order chi connectivity index (χ1) is 11.1. The summed E-state index contributed by atoms with van der Waals surface area (Å²) in [7, 11) is 0. The van der Waals surface area contributed by atoms with E-state index in [0.29, 0.717) is 30.6 Å². The summed E-state index contributed by atoms with van der Waals surface area (Å²) >= 11 is 0. The van der Waals surface area contributed by atoms with Crippen LogP contribution in [0, 0.1) is 0 Å². The van der Waals surface area contributed by atoms with Crippen LogP contribution in [-0.4, -0.2) is 11.7 Å². The molecule has 1 aliphatic rings. The van der Waals surface area contributed by atoms with Gasteiger partial charge in [0.1, 0.15) is 0 Å². The Morgan fingerprint density at radius 3 is 2.71 bits per heavy atom. The molecule has 5 heteroatoms. The summed E-state index contributed by atoms with van der Waals surface area (Å²) in [6, 6.07) is 13.2. The van der Waals surface area contributed by atoms with Crippen LogP contribution in [0.4, 0.5) is 11.4 Å². The van der Waals surface area contributed by atoms with Gasteiger partial charge in [0.25, 0.3) is 0 Å². The Labute approximate surface area is 147 Å². The Hall–Kier alpha value is -2.33. The summed E-state index contributed by atoms with van der Waals surface area (Å²) in [5, 5.41) is 2.87. The van der Waals surface area contributed by atoms with E-state index in [0.717, 1.165) is 29.5 Å². The van der Waals surface area contributed by atoms with Crippen LogP contribution in [0.3, 0.4) is 0 Å². The predicted molar refractivity (Wildman–Crippen MR) is 98.8 cm³/mol. The van der Waals surface area contributed by atoms with Crippen molar-refractivity contribution >= 4 is 35.5 Å². The molecule has 4 nitrogen and oxygen atoms in total. The van der Waals surface area contributed by atoms with Gasteiger partial charge in [0.05, 0.1) is 0 Å². The average molecular weight is 345 g/mol. The van der Waals surface area contributed by atoms with Crippen molar-refractivity contribution in [3.05, 3.63) is 59.2 Å². The molecule has 126 valence electrons. The number of carbonyl (C=O) groups excluding carboxylic acids is 2. The summed E-state index contributed by atoms with van der Waals surface area (Å²) in [4.78, 5) is 24.1. The number of anilines is 2. The van der Waals surface area contributed by atoms with E-state index in [9.17, 15) is 9.59 Å². The molecule has 2 aromatic carbocycles. The molecule has 1 amide bonds. The second-order valence-corrected chi connectivity index (χ2v) is 5.90. The number of amides is 1. The van der Waals surface area contributed by atoms with E-state index in [-0.39, 0.29) is 24.1 Å². The SMILES string of the molecule is Cl.Nc1ccccc1CCC(=O)Nc1ccc2c(c1)C(=O)CCC2. The van der Waals surface area contributed by atoms with Crippen molar-refractivity contribution in [1.29, 1.82) is 0 Å². The van der Waals surface area contributed by atoms with E-state index in [1.165, 1.54) is 0 Å². The minimum absolute atomic E-state index is 0. The minimum atomic E-state index is -0.0727. The number of halogens is 1. The number of ketones is 1. The highest BCUT2D eigenvalue weighted by atomic mass is 35.5. The predicted octanol–water partition coefficient (Wildman–Crippen LogP) is 3.78. The number of nitrogens with one attached hydrogen (secondary N) is 1. The highest BCUT2D eigenvalue weighted by Crippen LogP contribution is 2.24. The van der Waals surface area contributed by atoms with Crippen LogP contribution in [0.5, 0.6) is 0 Å². The molecule has 0 aliphatic heterocycles. The zero-order valence-electron chi connectivity index (χ0n) is 13.4. The van der Waals surface area contributed by atoms with E-state index in [2.05, 4.69) is 5.32 Å². The van der Waals surface area contributed by atoms with Crippen LogP contribution < -0.4 is 11.1 Å². The number of rotatable bonds is 4. The maximum Gasteiger partial charge on any atom is 0.224 e. The monoisotopic (exact) mass is 344 g/mol. The Balaban J connectivity index is 0.00000208. The van der Waals surface area contributed by atoms with Gasteiger partial charge in [0.15, 0.2) is 5.78 Å². The molecule has 3 rings (SSSR count). The minimum Gasteiger partial charge on any atom is -0.399 e. The van der Waals surface area contributed by atoms with Crippen molar-refractivity contribution in [2.45, 2.75) is 32.1 Å². The molecule has 0 unspecified atom stereocenters. The number of nitrogens with two attached hydrogens (primary N) is 1. The molecule has 0 fully saturated rings. The van der Waals surface area contributed by atoms with Crippen molar-refractivity contribution in [3.63, 3.8) is 0 Å². The van der Waals surface area contributed by atoms with Gasteiger partial charge in [0, 0.05) is 29.8 Å². The quantitative estimate of drug-likeness (QED) is 0.829. The molecular weight excluding hydrogens is 324 g/mol. The van der Waals surface area contributed by atoms with E-state index in [1.807, 2.05) is 36.4 Å². The molecule has 0 spiro atoms. The Morgan fingerprint density at radius 1 is 1.12 bits per heavy atom. The van der Waals surface area contributed by atoms with E-state index < -0.39 is 0 Å². The lowest BCUT2D eigenvalue weighted by Gasteiger charge is -2.16. The largest absolute Gasteiger partial charge is 0.399 e. The number of hydrogen-bond donors (Lipinski definition) is 2. The molecule has 2 aromatic rings. The van der Waals surface area contributed by atoms with Crippen LogP contribution in [0.2, 0.25) is 0 Å². The fourth-order valence-corrected chi connectivity index (χ4v) is 2.94. The van der Waals surface area contributed by atoms with Crippen LogP contribution in [0.1, 0.15) is 40.7 Å². The van der Waals surface area contributed by atoms with Crippen molar-refractivity contribution in [3.8, 4) is 0 Å². The van der Waals surface area contributed by atoms with Crippen molar-refractivity contribution in [2.75, 3.05) is 11.1 Å². The normalized spacial score (nSPS) is 12.9. The third-order valence-corrected chi connectivity index (χ3v) is 4.22. The standard InChI is InChI=1S/C19H20N2O2.ClH/c20-17-6-2-1-4-14(17)9-11-19(23)21-15-10-8-13-5-3-7-18(22)16(13)12-15;/h1-2,4,6,8,10,12H,3,5,7,9,11,20H2,(H,21,23);1H. The lowest BCUT2D eigenvalue weighted by molar-refractivity contribution is -0.116. The summed E-state index contributed by atoms with van der Waals surface area (Å²) in [6.45, 7) is 0.